The number of hydrogen-bond acceptors (Lipinski definition) is 2. The Balaban J connectivity index is 1.99. The van der Waals surface area contributed by atoms with E-state index in [9.17, 15) is 9.59 Å². The van der Waals surface area contributed by atoms with Crippen LogP contribution in [0.2, 0.25) is 0 Å². The number of allylic oxidation sites excluding steroid dienone is 2. The Morgan fingerprint density at radius 1 is 0.625 bits per heavy atom. The molecule has 1 aliphatic carbocycles. The summed E-state index contributed by atoms with van der Waals surface area (Å²) in [6.07, 6.45) is 4.15. The molecule has 0 saturated heterocycles. The summed E-state index contributed by atoms with van der Waals surface area (Å²) in [7, 11) is 0. The van der Waals surface area contributed by atoms with E-state index >= 15 is 0 Å². The second-order valence-corrected chi connectivity index (χ2v) is 6.62. The predicted molar refractivity (Wildman–Crippen MR) is 96.0 cm³/mol. The summed E-state index contributed by atoms with van der Waals surface area (Å²) in [4.78, 5) is 26.2. The first-order valence-corrected chi connectivity index (χ1v) is 8.46. The van der Waals surface area contributed by atoms with Crippen LogP contribution in [0.25, 0.3) is 0 Å². The summed E-state index contributed by atoms with van der Waals surface area (Å²) >= 11 is 0. The van der Waals surface area contributed by atoms with Crippen molar-refractivity contribution in [3.8, 4) is 0 Å². The minimum Gasteiger partial charge on any atom is -0.294 e. The Morgan fingerprint density at radius 2 is 0.958 bits per heavy atom. The molecule has 0 aliphatic heterocycles. The molecule has 0 N–H and O–H groups in total. The van der Waals surface area contributed by atoms with Crippen LogP contribution in [-0.2, 0) is 0 Å². The lowest BCUT2D eigenvalue weighted by Gasteiger charge is -2.35. The van der Waals surface area contributed by atoms with Gasteiger partial charge < -0.3 is 0 Å². The van der Waals surface area contributed by atoms with Gasteiger partial charge in [-0.3, -0.25) is 9.59 Å². The van der Waals surface area contributed by atoms with Crippen LogP contribution in [0.15, 0.2) is 72.8 Å². The summed E-state index contributed by atoms with van der Waals surface area (Å²) in [5.74, 6) is -0.416. The van der Waals surface area contributed by atoms with Gasteiger partial charge in [-0.15, -0.1) is 0 Å². The summed E-state index contributed by atoms with van der Waals surface area (Å²) in [5, 5.41) is 0. The average Bonchev–Trinajstić information content (AvgIpc) is 2.63. The zero-order chi connectivity index (χ0) is 17.1. The van der Waals surface area contributed by atoms with E-state index in [-0.39, 0.29) is 35.2 Å². The van der Waals surface area contributed by atoms with Crippen molar-refractivity contribution in [2.24, 2.45) is 23.7 Å². The molecule has 0 fully saturated rings. The van der Waals surface area contributed by atoms with Gasteiger partial charge in [0, 0.05) is 23.0 Å². The molecular formula is C22H22O2. The third-order valence-corrected chi connectivity index (χ3v) is 4.96. The molecule has 2 aromatic rings. The molecule has 0 spiro atoms. The van der Waals surface area contributed by atoms with E-state index in [4.69, 9.17) is 0 Å². The van der Waals surface area contributed by atoms with Crippen molar-refractivity contribution >= 4 is 11.6 Å². The van der Waals surface area contributed by atoms with Crippen LogP contribution in [0.1, 0.15) is 34.6 Å². The number of carbonyl (C=O) groups excluding carboxylic acids is 2. The minimum atomic E-state index is -0.319. The van der Waals surface area contributed by atoms with Crippen LogP contribution in [0.3, 0.4) is 0 Å². The van der Waals surface area contributed by atoms with Gasteiger partial charge in [-0.25, -0.2) is 0 Å². The van der Waals surface area contributed by atoms with E-state index in [1.54, 1.807) is 0 Å². The molecule has 0 amide bonds. The van der Waals surface area contributed by atoms with E-state index in [0.717, 1.165) is 0 Å². The lowest BCUT2D eigenvalue weighted by Crippen LogP contribution is -2.40. The highest BCUT2D eigenvalue weighted by Gasteiger charge is 2.41. The molecule has 0 aromatic heterocycles. The molecule has 0 bridgehead atoms. The largest absolute Gasteiger partial charge is 0.294 e. The van der Waals surface area contributed by atoms with E-state index in [0.29, 0.717) is 11.1 Å². The van der Waals surface area contributed by atoms with Gasteiger partial charge in [0.05, 0.1) is 0 Å². The molecule has 1 aliphatic rings. The summed E-state index contributed by atoms with van der Waals surface area (Å²) in [5.41, 5.74) is 1.37. The lowest BCUT2D eigenvalue weighted by molar-refractivity contribution is 0.0673. The van der Waals surface area contributed by atoms with Crippen molar-refractivity contribution in [3.63, 3.8) is 0 Å². The SMILES string of the molecule is C[C@@H]1C=C[C@H](C)[C@H](C(=O)c2ccccc2)[C@@H]1C(=O)c1ccccc1. The Kier molecular flexibility index (Phi) is 4.75. The van der Waals surface area contributed by atoms with Gasteiger partial charge in [-0.1, -0.05) is 86.7 Å². The lowest BCUT2D eigenvalue weighted by atomic mass is 9.66. The third kappa shape index (κ3) is 3.09. The maximum Gasteiger partial charge on any atom is 0.167 e. The van der Waals surface area contributed by atoms with Gasteiger partial charge in [0.25, 0.3) is 0 Å². The van der Waals surface area contributed by atoms with Gasteiger partial charge in [0.2, 0.25) is 0 Å². The van der Waals surface area contributed by atoms with Gasteiger partial charge >= 0.3 is 0 Å². The van der Waals surface area contributed by atoms with Gasteiger partial charge in [0.1, 0.15) is 0 Å². The summed E-state index contributed by atoms with van der Waals surface area (Å²) in [6.45, 7) is 4.05. The summed E-state index contributed by atoms with van der Waals surface area (Å²) < 4.78 is 0. The molecule has 24 heavy (non-hydrogen) atoms. The standard InChI is InChI=1S/C22H22O2/c1-15-13-14-16(2)20(22(24)18-11-7-4-8-12-18)19(15)21(23)17-9-5-3-6-10-17/h3-16,19-20H,1-2H3/t15-,16+,19-,20+. The highest BCUT2D eigenvalue weighted by molar-refractivity contribution is 6.05. The number of hydrogen-bond donors (Lipinski definition) is 0. The van der Waals surface area contributed by atoms with Crippen molar-refractivity contribution in [1.82, 2.24) is 0 Å². The van der Waals surface area contributed by atoms with Crippen LogP contribution in [0, 0.1) is 23.7 Å². The maximum absolute atomic E-state index is 13.1. The Bertz CT molecular complexity index is 681. The topological polar surface area (TPSA) is 34.1 Å². The number of Topliss-reactive ketones (excluding diaryl/α,β-unsaturated/α-hetero) is 2. The van der Waals surface area contributed by atoms with Crippen molar-refractivity contribution in [2.45, 2.75) is 13.8 Å². The fourth-order valence-electron chi connectivity index (χ4n) is 3.64. The highest BCUT2D eigenvalue weighted by Crippen LogP contribution is 2.38. The number of rotatable bonds is 4. The quantitative estimate of drug-likeness (QED) is 0.598. The summed E-state index contributed by atoms with van der Waals surface area (Å²) in [6, 6.07) is 18.6. The fourth-order valence-corrected chi connectivity index (χ4v) is 3.64. The predicted octanol–water partition coefficient (Wildman–Crippen LogP) is 4.83. The van der Waals surface area contributed by atoms with E-state index in [2.05, 4.69) is 12.2 Å². The Hall–Kier alpha value is -2.48. The van der Waals surface area contributed by atoms with Crippen molar-refractivity contribution in [1.29, 1.82) is 0 Å². The van der Waals surface area contributed by atoms with Crippen LogP contribution in [0.4, 0.5) is 0 Å². The first-order valence-electron chi connectivity index (χ1n) is 8.46. The molecule has 3 rings (SSSR count). The van der Waals surface area contributed by atoms with E-state index in [1.165, 1.54) is 0 Å². The molecule has 4 atom stereocenters. The molecule has 0 radical (unpaired) electrons. The Morgan fingerprint density at radius 3 is 1.29 bits per heavy atom. The highest BCUT2D eigenvalue weighted by atomic mass is 16.1. The number of benzene rings is 2. The van der Waals surface area contributed by atoms with Crippen molar-refractivity contribution in [2.75, 3.05) is 0 Å². The molecule has 0 saturated carbocycles. The average molecular weight is 318 g/mol. The van der Waals surface area contributed by atoms with Crippen LogP contribution in [-0.4, -0.2) is 11.6 Å². The van der Waals surface area contributed by atoms with Crippen LogP contribution < -0.4 is 0 Å². The zero-order valence-electron chi connectivity index (χ0n) is 14.1. The van der Waals surface area contributed by atoms with Crippen LogP contribution >= 0.6 is 0 Å². The smallest absolute Gasteiger partial charge is 0.167 e. The molecule has 122 valence electrons. The van der Waals surface area contributed by atoms with Crippen molar-refractivity contribution < 1.29 is 9.59 Å². The third-order valence-electron chi connectivity index (χ3n) is 4.96. The monoisotopic (exact) mass is 318 g/mol. The molecule has 0 heterocycles. The zero-order valence-corrected chi connectivity index (χ0v) is 14.1. The first-order chi connectivity index (χ1) is 11.6. The van der Waals surface area contributed by atoms with Gasteiger partial charge in [0.15, 0.2) is 11.6 Å². The second-order valence-electron chi connectivity index (χ2n) is 6.62. The van der Waals surface area contributed by atoms with E-state index in [1.807, 2.05) is 74.5 Å². The molecule has 2 heteroatoms. The van der Waals surface area contributed by atoms with E-state index < -0.39 is 0 Å². The van der Waals surface area contributed by atoms with Gasteiger partial charge in [-0.2, -0.15) is 0 Å². The molecule has 2 aromatic carbocycles. The molecular weight excluding hydrogens is 296 g/mol. The first kappa shape index (κ1) is 16.4. The molecule has 2 nitrogen and oxygen atoms in total. The second kappa shape index (κ2) is 6.96. The minimum absolute atomic E-state index is 0.0477. The number of ketones is 2. The normalized spacial score (nSPS) is 26.1. The number of carbonyl (C=O) groups is 2. The Labute approximate surface area is 143 Å². The van der Waals surface area contributed by atoms with Crippen molar-refractivity contribution in [3.05, 3.63) is 83.9 Å². The van der Waals surface area contributed by atoms with Crippen LogP contribution in [0.5, 0.6) is 0 Å². The van der Waals surface area contributed by atoms with Gasteiger partial charge in [-0.05, 0) is 11.8 Å². The maximum atomic E-state index is 13.1. The molecule has 0 unspecified atom stereocenters. The fraction of sp³-hybridized carbons (Fsp3) is 0.273.